The first-order valence-corrected chi connectivity index (χ1v) is 11.1. The molecule has 0 aromatic heterocycles. The summed E-state index contributed by atoms with van der Waals surface area (Å²) < 4.78 is 43.8. The maximum absolute atomic E-state index is 13.2. The standard InChI is InChI=1S/C24H21F3N2O4S/c1-12-7-16-17(29(4)20(30)11-23(16,2)3)10-14(12)15-8-13(5-6-18(15)33-24(25,26)27)9-19-21(31)28-22(32)34-19/h5-10H,11H2,1-4H3,(H,28,31,32)/b19-9-. The summed E-state index contributed by atoms with van der Waals surface area (Å²) in [7, 11) is 1.64. The van der Waals surface area contributed by atoms with Gasteiger partial charge in [0.1, 0.15) is 5.75 Å². The van der Waals surface area contributed by atoms with Crippen LogP contribution in [0.5, 0.6) is 5.75 Å². The largest absolute Gasteiger partial charge is 0.573 e. The number of carbonyl (C=O) groups excluding carboxylic acids is 3. The molecule has 2 aliphatic rings. The minimum atomic E-state index is -4.92. The first-order chi connectivity index (χ1) is 15.7. The number of anilines is 1. The molecule has 2 heterocycles. The molecule has 0 saturated carbocycles. The predicted octanol–water partition coefficient (Wildman–Crippen LogP) is 5.53. The Hall–Kier alpha value is -3.27. The third-order valence-electron chi connectivity index (χ3n) is 5.86. The van der Waals surface area contributed by atoms with E-state index < -0.39 is 28.7 Å². The van der Waals surface area contributed by atoms with Gasteiger partial charge < -0.3 is 9.64 Å². The lowest BCUT2D eigenvalue weighted by atomic mass is 9.76. The van der Waals surface area contributed by atoms with Crippen LogP contribution in [0.1, 0.15) is 37.0 Å². The average molecular weight is 491 g/mol. The fourth-order valence-electron chi connectivity index (χ4n) is 4.17. The van der Waals surface area contributed by atoms with Crippen LogP contribution < -0.4 is 15.0 Å². The molecule has 178 valence electrons. The minimum Gasteiger partial charge on any atom is -0.405 e. The summed E-state index contributed by atoms with van der Waals surface area (Å²) in [5.41, 5.74) is 2.82. The molecular formula is C24H21F3N2O4S. The summed E-state index contributed by atoms with van der Waals surface area (Å²) in [6.45, 7) is 5.68. The monoisotopic (exact) mass is 490 g/mol. The number of nitrogens with one attached hydrogen (secondary N) is 1. The van der Waals surface area contributed by atoms with Crippen LogP contribution >= 0.6 is 11.8 Å². The van der Waals surface area contributed by atoms with Gasteiger partial charge in [-0.1, -0.05) is 26.0 Å². The van der Waals surface area contributed by atoms with Gasteiger partial charge in [-0.2, -0.15) is 0 Å². The molecule has 1 fully saturated rings. The van der Waals surface area contributed by atoms with Crippen LogP contribution in [-0.4, -0.2) is 30.5 Å². The maximum atomic E-state index is 13.2. The van der Waals surface area contributed by atoms with Crippen molar-refractivity contribution in [2.45, 2.75) is 39.0 Å². The van der Waals surface area contributed by atoms with Crippen LogP contribution in [0.25, 0.3) is 17.2 Å². The summed E-state index contributed by atoms with van der Waals surface area (Å²) in [6, 6.07) is 7.59. The molecule has 34 heavy (non-hydrogen) atoms. The summed E-state index contributed by atoms with van der Waals surface area (Å²) >= 11 is 0.713. The van der Waals surface area contributed by atoms with Crippen molar-refractivity contribution in [2.24, 2.45) is 0 Å². The van der Waals surface area contributed by atoms with E-state index in [1.165, 1.54) is 29.2 Å². The SMILES string of the molecule is Cc1cc2c(cc1-c1cc(/C=C3\SC(=O)NC3=O)ccc1OC(F)(F)F)N(C)C(=O)CC2(C)C. The van der Waals surface area contributed by atoms with Gasteiger partial charge in [-0.3, -0.25) is 19.7 Å². The lowest BCUT2D eigenvalue weighted by Crippen LogP contribution is -2.39. The van der Waals surface area contributed by atoms with E-state index in [0.717, 1.165) is 5.56 Å². The zero-order valence-electron chi connectivity index (χ0n) is 18.8. The number of thioether (sulfide) groups is 1. The van der Waals surface area contributed by atoms with E-state index in [9.17, 15) is 27.6 Å². The molecule has 2 aliphatic heterocycles. The molecule has 4 rings (SSSR count). The molecule has 10 heteroatoms. The van der Waals surface area contributed by atoms with Crippen LogP contribution in [0.2, 0.25) is 0 Å². The second-order valence-corrected chi connectivity index (χ2v) is 9.87. The molecule has 0 bridgehead atoms. The fraction of sp³-hybridized carbons (Fsp3) is 0.292. The number of aryl methyl sites for hydroxylation is 1. The Morgan fingerprint density at radius 2 is 1.82 bits per heavy atom. The van der Waals surface area contributed by atoms with Gasteiger partial charge in [-0.25, -0.2) is 0 Å². The molecule has 3 amide bonds. The van der Waals surface area contributed by atoms with Crippen LogP contribution in [0, 0.1) is 6.92 Å². The Bertz CT molecular complexity index is 1270. The summed E-state index contributed by atoms with van der Waals surface area (Å²) in [4.78, 5) is 37.5. The molecule has 0 radical (unpaired) electrons. The van der Waals surface area contributed by atoms with Crippen molar-refractivity contribution in [3.63, 3.8) is 0 Å². The number of amides is 3. The quantitative estimate of drug-likeness (QED) is 0.573. The lowest BCUT2D eigenvalue weighted by molar-refractivity contribution is -0.274. The molecule has 0 unspecified atom stereocenters. The van der Waals surface area contributed by atoms with E-state index in [2.05, 4.69) is 10.1 Å². The van der Waals surface area contributed by atoms with Gasteiger partial charge in [-0.05, 0) is 65.2 Å². The number of benzene rings is 2. The summed E-state index contributed by atoms with van der Waals surface area (Å²) in [5.74, 6) is -1.08. The molecule has 1 N–H and O–H groups in total. The molecule has 2 aromatic rings. The molecule has 0 aliphatic carbocycles. The second kappa shape index (κ2) is 8.19. The Kier molecular flexibility index (Phi) is 5.75. The Balaban J connectivity index is 1.90. The highest BCUT2D eigenvalue weighted by molar-refractivity contribution is 8.18. The fourth-order valence-corrected chi connectivity index (χ4v) is 4.85. The number of rotatable bonds is 3. The second-order valence-electron chi connectivity index (χ2n) is 8.85. The van der Waals surface area contributed by atoms with E-state index in [0.29, 0.717) is 40.6 Å². The van der Waals surface area contributed by atoms with E-state index >= 15 is 0 Å². The zero-order chi connectivity index (χ0) is 25.0. The van der Waals surface area contributed by atoms with Gasteiger partial charge >= 0.3 is 6.36 Å². The summed E-state index contributed by atoms with van der Waals surface area (Å²) in [5, 5.41) is 1.62. The van der Waals surface area contributed by atoms with Crippen LogP contribution in [0.15, 0.2) is 35.2 Å². The van der Waals surface area contributed by atoms with Gasteiger partial charge in [0, 0.05) is 30.1 Å². The van der Waals surface area contributed by atoms with Crippen molar-refractivity contribution in [1.82, 2.24) is 5.32 Å². The number of fused-ring (bicyclic) bond motifs is 1. The smallest absolute Gasteiger partial charge is 0.405 e. The minimum absolute atomic E-state index is 0.0912. The molecule has 1 saturated heterocycles. The zero-order valence-corrected chi connectivity index (χ0v) is 19.6. The third kappa shape index (κ3) is 4.54. The number of alkyl halides is 3. The average Bonchev–Trinajstić information content (AvgIpc) is 3.03. The van der Waals surface area contributed by atoms with Crippen LogP contribution in [0.4, 0.5) is 23.7 Å². The van der Waals surface area contributed by atoms with Gasteiger partial charge in [0.2, 0.25) is 5.91 Å². The van der Waals surface area contributed by atoms with Gasteiger partial charge in [0.15, 0.2) is 0 Å². The molecule has 6 nitrogen and oxygen atoms in total. The number of hydrogen-bond acceptors (Lipinski definition) is 5. The van der Waals surface area contributed by atoms with Crippen molar-refractivity contribution in [1.29, 1.82) is 0 Å². The predicted molar refractivity (Wildman–Crippen MR) is 123 cm³/mol. The molecule has 0 atom stereocenters. The number of imide groups is 1. The Morgan fingerprint density at radius 1 is 1.12 bits per heavy atom. The van der Waals surface area contributed by atoms with Crippen LogP contribution in [0.3, 0.4) is 0 Å². The van der Waals surface area contributed by atoms with Crippen molar-refractivity contribution >= 4 is 40.6 Å². The van der Waals surface area contributed by atoms with Crippen molar-refractivity contribution in [3.8, 4) is 16.9 Å². The Labute approximate surface area is 198 Å². The lowest BCUT2D eigenvalue weighted by Gasteiger charge is -2.37. The topological polar surface area (TPSA) is 75.7 Å². The van der Waals surface area contributed by atoms with Gasteiger partial charge in [0.25, 0.3) is 11.1 Å². The van der Waals surface area contributed by atoms with E-state index in [1.54, 1.807) is 20.0 Å². The number of carbonyl (C=O) groups is 3. The van der Waals surface area contributed by atoms with Gasteiger partial charge in [-0.15, -0.1) is 13.2 Å². The Morgan fingerprint density at radius 3 is 2.44 bits per heavy atom. The number of ether oxygens (including phenoxy) is 1. The molecule has 2 aromatic carbocycles. The van der Waals surface area contributed by atoms with Gasteiger partial charge in [0.05, 0.1) is 4.91 Å². The highest BCUT2D eigenvalue weighted by atomic mass is 32.2. The maximum Gasteiger partial charge on any atom is 0.573 e. The van der Waals surface area contributed by atoms with E-state index in [4.69, 9.17) is 0 Å². The van der Waals surface area contributed by atoms with Crippen LogP contribution in [-0.2, 0) is 15.0 Å². The molecule has 0 spiro atoms. The highest BCUT2D eigenvalue weighted by Gasteiger charge is 2.37. The third-order valence-corrected chi connectivity index (χ3v) is 6.67. The highest BCUT2D eigenvalue weighted by Crippen LogP contribution is 2.45. The van der Waals surface area contributed by atoms with E-state index in [1.807, 2.05) is 19.9 Å². The first-order valence-electron chi connectivity index (χ1n) is 10.3. The van der Waals surface area contributed by atoms with E-state index in [-0.39, 0.29) is 16.4 Å². The van der Waals surface area contributed by atoms with Crippen molar-refractivity contribution < 1.29 is 32.3 Å². The van der Waals surface area contributed by atoms with Crippen molar-refractivity contribution in [3.05, 3.63) is 51.9 Å². The normalized spacial score (nSPS) is 18.9. The number of nitrogens with zero attached hydrogens (tertiary/aromatic N) is 1. The number of hydrogen-bond donors (Lipinski definition) is 1. The first kappa shape index (κ1) is 23.9. The molecular weight excluding hydrogens is 469 g/mol. The number of halogens is 3. The summed E-state index contributed by atoms with van der Waals surface area (Å²) in [6.07, 6.45) is -3.17. The van der Waals surface area contributed by atoms with Crippen molar-refractivity contribution in [2.75, 3.05) is 11.9 Å².